The number of anilines is 1. The Hall–Kier alpha value is -1.77. The zero-order valence-corrected chi connectivity index (χ0v) is 17.7. The van der Waals surface area contributed by atoms with E-state index in [4.69, 9.17) is 4.74 Å². The number of amides is 2. The summed E-state index contributed by atoms with van der Waals surface area (Å²) < 4.78 is 6.49. The molecule has 1 N–H and O–H groups in total. The number of hydrogen-bond donors (Lipinski definition) is 1. The lowest BCUT2D eigenvalue weighted by Gasteiger charge is -2.25. The predicted molar refractivity (Wildman–Crippen MR) is 109 cm³/mol. The smallest absolute Gasteiger partial charge is 0.254 e. The molecule has 1 aromatic heterocycles. The summed E-state index contributed by atoms with van der Waals surface area (Å²) >= 11 is 4.82. The van der Waals surface area contributed by atoms with Crippen LogP contribution < -0.4 is 5.32 Å². The highest BCUT2D eigenvalue weighted by atomic mass is 79.9. The Morgan fingerprint density at radius 3 is 2.85 bits per heavy atom. The van der Waals surface area contributed by atoms with Gasteiger partial charge in [0.05, 0.1) is 11.8 Å². The zero-order valence-electron chi connectivity index (χ0n) is 15.3. The normalized spacial score (nSPS) is 16.3. The Kier molecular flexibility index (Phi) is 6.62. The maximum absolute atomic E-state index is 13.0. The molecule has 27 heavy (non-hydrogen) atoms. The minimum absolute atomic E-state index is 0.0294. The van der Waals surface area contributed by atoms with Crippen LogP contribution in [0.4, 0.5) is 5.13 Å². The maximum Gasteiger partial charge on any atom is 0.254 e. The molecule has 6 nitrogen and oxygen atoms in total. The first-order chi connectivity index (χ1) is 12.9. The summed E-state index contributed by atoms with van der Waals surface area (Å²) in [7, 11) is 0. The molecule has 0 radical (unpaired) electrons. The Morgan fingerprint density at radius 1 is 1.41 bits per heavy atom. The quantitative estimate of drug-likeness (QED) is 0.724. The van der Waals surface area contributed by atoms with Crippen molar-refractivity contribution < 1.29 is 14.3 Å². The molecule has 1 saturated heterocycles. The van der Waals surface area contributed by atoms with Crippen molar-refractivity contribution in [1.29, 1.82) is 0 Å². The number of aryl methyl sites for hydroxylation is 2. The number of benzene rings is 1. The summed E-state index contributed by atoms with van der Waals surface area (Å²) in [6, 6.07) is 7.18. The molecular weight excluding hydrogens is 430 g/mol. The van der Waals surface area contributed by atoms with Crippen LogP contribution in [-0.2, 0) is 9.53 Å². The van der Waals surface area contributed by atoms with Gasteiger partial charge in [0.2, 0.25) is 5.91 Å². The standard InChI is InChI=1S/C19H22BrN3O3S/c1-12-13(2)27-19(21-12)22-17(24)11-23(10-16-7-4-8-26-16)18(25)14-5-3-6-15(20)9-14/h3,5-6,9,16H,4,7-8,10-11H2,1-2H3,(H,21,22,24). The van der Waals surface area contributed by atoms with Gasteiger partial charge in [0, 0.05) is 28.1 Å². The van der Waals surface area contributed by atoms with E-state index in [-0.39, 0.29) is 24.5 Å². The van der Waals surface area contributed by atoms with Crippen LogP contribution in [0.3, 0.4) is 0 Å². The van der Waals surface area contributed by atoms with Gasteiger partial charge in [-0.2, -0.15) is 0 Å². The van der Waals surface area contributed by atoms with E-state index in [1.807, 2.05) is 26.0 Å². The monoisotopic (exact) mass is 451 g/mol. The molecule has 144 valence electrons. The first-order valence-electron chi connectivity index (χ1n) is 8.82. The highest BCUT2D eigenvalue weighted by molar-refractivity contribution is 9.10. The molecule has 2 heterocycles. The van der Waals surface area contributed by atoms with Crippen molar-refractivity contribution in [2.75, 3.05) is 25.0 Å². The molecule has 0 aliphatic carbocycles. The van der Waals surface area contributed by atoms with Crippen molar-refractivity contribution in [3.63, 3.8) is 0 Å². The number of rotatable bonds is 6. The molecule has 3 rings (SSSR count). The molecule has 1 aromatic carbocycles. The molecule has 1 aliphatic heterocycles. The van der Waals surface area contributed by atoms with Crippen LogP contribution in [0.5, 0.6) is 0 Å². The third-order valence-corrected chi connectivity index (χ3v) is 5.90. The van der Waals surface area contributed by atoms with Crippen LogP contribution in [0.25, 0.3) is 0 Å². The molecule has 0 spiro atoms. The molecule has 1 aliphatic rings. The summed E-state index contributed by atoms with van der Waals surface area (Å²) in [5, 5.41) is 3.36. The summed E-state index contributed by atoms with van der Waals surface area (Å²) in [5.41, 5.74) is 1.44. The SMILES string of the molecule is Cc1nc(NC(=O)CN(CC2CCCO2)C(=O)c2cccc(Br)c2)sc1C. The first-order valence-corrected chi connectivity index (χ1v) is 10.4. The van der Waals surface area contributed by atoms with E-state index in [2.05, 4.69) is 26.2 Å². The van der Waals surface area contributed by atoms with Crippen molar-refractivity contribution in [2.45, 2.75) is 32.8 Å². The number of carbonyl (C=O) groups is 2. The Bertz CT molecular complexity index is 814. The average molecular weight is 452 g/mol. The largest absolute Gasteiger partial charge is 0.376 e. The van der Waals surface area contributed by atoms with E-state index in [0.717, 1.165) is 27.9 Å². The number of hydrogen-bond acceptors (Lipinski definition) is 5. The number of thiazole rings is 1. The number of nitrogens with zero attached hydrogens (tertiary/aromatic N) is 2. The predicted octanol–water partition coefficient (Wildman–Crippen LogP) is 3.78. The molecule has 1 unspecified atom stereocenters. The van der Waals surface area contributed by atoms with Crippen LogP contribution in [0.2, 0.25) is 0 Å². The van der Waals surface area contributed by atoms with Gasteiger partial charge in [0.1, 0.15) is 6.54 Å². The lowest BCUT2D eigenvalue weighted by molar-refractivity contribution is -0.117. The van der Waals surface area contributed by atoms with Gasteiger partial charge in [-0.1, -0.05) is 22.0 Å². The van der Waals surface area contributed by atoms with Crippen LogP contribution >= 0.6 is 27.3 Å². The van der Waals surface area contributed by atoms with Crippen molar-refractivity contribution in [3.05, 3.63) is 44.9 Å². The fraction of sp³-hybridized carbons (Fsp3) is 0.421. The van der Waals surface area contributed by atoms with E-state index in [9.17, 15) is 9.59 Å². The number of carbonyl (C=O) groups excluding carboxylic acids is 2. The Balaban J connectivity index is 1.72. The lowest BCUT2D eigenvalue weighted by Crippen LogP contribution is -2.42. The second-order valence-electron chi connectivity index (χ2n) is 6.54. The van der Waals surface area contributed by atoms with Crippen LogP contribution in [0.15, 0.2) is 28.7 Å². The zero-order chi connectivity index (χ0) is 19.4. The van der Waals surface area contributed by atoms with Gasteiger partial charge in [-0.3, -0.25) is 9.59 Å². The van der Waals surface area contributed by atoms with Gasteiger partial charge < -0.3 is 15.0 Å². The number of halogens is 1. The molecule has 1 fully saturated rings. The fourth-order valence-electron chi connectivity index (χ4n) is 2.92. The van der Waals surface area contributed by atoms with Gasteiger partial charge in [0.25, 0.3) is 5.91 Å². The molecule has 8 heteroatoms. The molecule has 1 atom stereocenters. The van der Waals surface area contributed by atoms with Crippen molar-refractivity contribution >= 4 is 44.2 Å². The molecule has 2 amide bonds. The molecule has 0 saturated carbocycles. The van der Waals surface area contributed by atoms with Gasteiger partial charge in [-0.15, -0.1) is 11.3 Å². The molecule has 0 bridgehead atoms. The van der Waals surface area contributed by atoms with Crippen molar-refractivity contribution in [1.82, 2.24) is 9.88 Å². The van der Waals surface area contributed by atoms with Crippen molar-refractivity contribution in [3.8, 4) is 0 Å². The highest BCUT2D eigenvalue weighted by Crippen LogP contribution is 2.21. The summed E-state index contributed by atoms with van der Waals surface area (Å²) in [6.45, 7) is 4.93. The first kappa shape index (κ1) is 20.0. The van der Waals surface area contributed by atoms with Gasteiger partial charge in [0.15, 0.2) is 5.13 Å². The third-order valence-electron chi connectivity index (χ3n) is 4.42. The highest BCUT2D eigenvalue weighted by Gasteiger charge is 2.25. The van der Waals surface area contributed by atoms with E-state index in [0.29, 0.717) is 23.8 Å². The summed E-state index contributed by atoms with van der Waals surface area (Å²) in [4.78, 5) is 32.5. The fourth-order valence-corrected chi connectivity index (χ4v) is 4.15. The topological polar surface area (TPSA) is 71.5 Å². The number of ether oxygens (including phenoxy) is 1. The van der Waals surface area contributed by atoms with E-state index in [1.165, 1.54) is 11.3 Å². The van der Waals surface area contributed by atoms with E-state index in [1.54, 1.807) is 17.0 Å². The van der Waals surface area contributed by atoms with Crippen molar-refractivity contribution in [2.24, 2.45) is 0 Å². The lowest BCUT2D eigenvalue weighted by atomic mass is 10.1. The summed E-state index contributed by atoms with van der Waals surface area (Å²) in [5.74, 6) is -0.446. The molecule has 2 aromatic rings. The Morgan fingerprint density at radius 2 is 2.22 bits per heavy atom. The minimum Gasteiger partial charge on any atom is -0.376 e. The Labute approximate surface area is 171 Å². The van der Waals surface area contributed by atoms with E-state index < -0.39 is 0 Å². The number of nitrogens with one attached hydrogen (secondary N) is 1. The van der Waals surface area contributed by atoms with Gasteiger partial charge in [-0.05, 0) is 44.9 Å². The van der Waals surface area contributed by atoms with Crippen LogP contribution in [0.1, 0.15) is 33.8 Å². The van der Waals surface area contributed by atoms with Crippen LogP contribution in [-0.4, -0.2) is 47.5 Å². The second kappa shape index (κ2) is 8.95. The number of aromatic nitrogens is 1. The van der Waals surface area contributed by atoms with E-state index >= 15 is 0 Å². The van der Waals surface area contributed by atoms with Crippen LogP contribution in [0, 0.1) is 13.8 Å². The minimum atomic E-state index is -0.259. The second-order valence-corrected chi connectivity index (χ2v) is 8.66. The maximum atomic E-state index is 13.0. The third kappa shape index (κ3) is 5.37. The van der Waals surface area contributed by atoms with Gasteiger partial charge in [-0.25, -0.2) is 4.98 Å². The molecular formula is C19H22BrN3O3S. The average Bonchev–Trinajstić information content (AvgIpc) is 3.23. The summed E-state index contributed by atoms with van der Waals surface area (Å²) in [6.07, 6.45) is 1.85. The van der Waals surface area contributed by atoms with Gasteiger partial charge >= 0.3 is 0 Å².